The van der Waals surface area contributed by atoms with E-state index in [1.807, 2.05) is 55.7 Å². The predicted octanol–water partition coefficient (Wildman–Crippen LogP) is 4.42. The van der Waals surface area contributed by atoms with Crippen LogP contribution in [-0.4, -0.2) is 36.3 Å². The summed E-state index contributed by atoms with van der Waals surface area (Å²) < 4.78 is 3.38. The number of pyridine rings is 1. The molecule has 1 atom stereocenters. The first-order chi connectivity index (χ1) is 16.0. The van der Waals surface area contributed by atoms with Crippen molar-refractivity contribution in [3.8, 4) is 22.4 Å². The van der Waals surface area contributed by atoms with Gasteiger partial charge in [0.2, 0.25) is 0 Å². The van der Waals surface area contributed by atoms with Gasteiger partial charge in [-0.25, -0.2) is 0 Å². The third-order valence-corrected chi connectivity index (χ3v) is 6.03. The Hall–Kier alpha value is -3.68. The molecule has 7 nitrogen and oxygen atoms in total. The van der Waals surface area contributed by atoms with Gasteiger partial charge in [-0.2, -0.15) is 10.2 Å². The highest BCUT2D eigenvalue weighted by Crippen LogP contribution is 2.30. The van der Waals surface area contributed by atoms with Crippen molar-refractivity contribution in [3.05, 3.63) is 94.1 Å². The zero-order valence-corrected chi connectivity index (χ0v) is 18.7. The van der Waals surface area contributed by atoms with Crippen molar-refractivity contribution in [2.75, 3.05) is 6.61 Å². The van der Waals surface area contributed by atoms with Gasteiger partial charge >= 0.3 is 0 Å². The smallest absolute Gasteiger partial charge is 0.251 e. The van der Waals surface area contributed by atoms with Crippen LogP contribution in [-0.2, 0) is 7.05 Å². The molecule has 0 fully saturated rings. The van der Waals surface area contributed by atoms with Gasteiger partial charge in [0.05, 0.1) is 17.8 Å². The zero-order chi connectivity index (χ0) is 22.9. The summed E-state index contributed by atoms with van der Waals surface area (Å²) in [6, 6.07) is 16.6. The normalized spacial score (nSPS) is 12.3. The molecule has 2 aromatic carbocycles. The number of nitrogens with zero attached hydrogens (tertiary/aromatic N) is 4. The second kappa shape index (κ2) is 8.69. The van der Waals surface area contributed by atoms with E-state index in [-0.39, 0.29) is 18.2 Å². The fraction of sp³-hybridized carbons (Fsp3) is 0.160. The zero-order valence-electron chi connectivity index (χ0n) is 17.9. The lowest BCUT2D eigenvalue weighted by molar-refractivity contribution is 0.267. The van der Waals surface area contributed by atoms with Crippen LogP contribution in [0.4, 0.5) is 0 Å². The largest absolute Gasteiger partial charge is 0.396 e. The Balaban J connectivity index is 1.54. The summed E-state index contributed by atoms with van der Waals surface area (Å²) >= 11 is 6.16. The minimum Gasteiger partial charge on any atom is -0.396 e. The lowest BCUT2D eigenvalue weighted by Gasteiger charge is -2.20. The molecule has 0 unspecified atom stereocenters. The average molecular weight is 460 g/mol. The van der Waals surface area contributed by atoms with Gasteiger partial charge in [0, 0.05) is 48.1 Å². The number of H-pyrrole nitrogens is 1. The monoisotopic (exact) mass is 459 g/mol. The first-order valence-electron chi connectivity index (χ1n) is 10.6. The van der Waals surface area contributed by atoms with Gasteiger partial charge in [-0.1, -0.05) is 29.8 Å². The molecular weight excluding hydrogens is 438 g/mol. The molecule has 3 heterocycles. The molecule has 2 N–H and O–H groups in total. The van der Waals surface area contributed by atoms with Crippen molar-refractivity contribution >= 4 is 22.5 Å². The Morgan fingerprint density at radius 2 is 1.94 bits per heavy atom. The fourth-order valence-corrected chi connectivity index (χ4v) is 4.39. The summed E-state index contributed by atoms with van der Waals surface area (Å²) in [5.41, 5.74) is 5.11. The Morgan fingerprint density at radius 3 is 2.67 bits per heavy atom. The Bertz CT molecular complexity index is 1500. The first kappa shape index (κ1) is 21.2. The molecule has 0 aliphatic rings. The van der Waals surface area contributed by atoms with Crippen molar-refractivity contribution in [1.29, 1.82) is 0 Å². The Morgan fingerprint density at radius 1 is 1.09 bits per heavy atom. The summed E-state index contributed by atoms with van der Waals surface area (Å²) in [6.07, 6.45) is 5.89. The number of fused-ring (bicyclic) bond motifs is 1. The van der Waals surface area contributed by atoms with Crippen molar-refractivity contribution in [3.63, 3.8) is 0 Å². The van der Waals surface area contributed by atoms with Gasteiger partial charge in [0.25, 0.3) is 5.56 Å². The molecule has 0 aliphatic heterocycles. The maximum Gasteiger partial charge on any atom is 0.251 e. The highest BCUT2D eigenvalue weighted by molar-refractivity contribution is 6.30. The van der Waals surface area contributed by atoms with Crippen LogP contribution in [0.2, 0.25) is 5.02 Å². The van der Waals surface area contributed by atoms with Crippen LogP contribution < -0.4 is 5.56 Å². The van der Waals surface area contributed by atoms with Crippen molar-refractivity contribution < 1.29 is 5.11 Å². The molecule has 0 saturated carbocycles. The third kappa shape index (κ3) is 4.08. The van der Waals surface area contributed by atoms with E-state index >= 15 is 0 Å². The summed E-state index contributed by atoms with van der Waals surface area (Å²) in [7, 11) is 1.87. The van der Waals surface area contributed by atoms with Crippen LogP contribution in [0.5, 0.6) is 0 Å². The number of aromatic nitrogens is 5. The number of benzene rings is 2. The highest BCUT2D eigenvalue weighted by atomic mass is 35.5. The molecule has 0 amide bonds. The summed E-state index contributed by atoms with van der Waals surface area (Å²) in [5.74, 6) is 0. The maximum atomic E-state index is 13.1. The number of nitrogens with one attached hydrogen (secondary N) is 1. The molecule has 3 aromatic heterocycles. The molecule has 0 bridgehead atoms. The molecule has 0 saturated heterocycles. The predicted molar refractivity (Wildman–Crippen MR) is 129 cm³/mol. The maximum absolute atomic E-state index is 13.1. The van der Waals surface area contributed by atoms with Crippen LogP contribution in [0.1, 0.15) is 18.0 Å². The highest BCUT2D eigenvalue weighted by Gasteiger charge is 2.16. The van der Waals surface area contributed by atoms with Gasteiger partial charge in [0.1, 0.15) is 5.69 Å². The van der Waals surface area contributed by atoms with Gasteiger partial charge in [0.15, 0.2) is 0 Å². The number of hydrogen-bond donors (Lipinski definition) is 2. The van der Waals surface area contributed by atoms with E-state index in [0.717, 1.165) is 38.9 Å². The van der Waals surface area contributed by atoms with Crippen molar-refractivity contribution in [2.45, 2.75) is 12.5 Å². The Kier molecular flexibility index (Phi) is 5.58. The Labute approximate surface area is 194 Å². The van der Waals surface area contributed by atoms with E-state index in [2.05, 4.69) is 15.3 Å². The number of aryl methyl sites for hydroxylation is 1. The molecular formula is C25H22ClN5O2. The molecule has 5 rings (SSSR count). The fourth-order valence-electron chi connectivity index (χ4n) is 4.19. The van der Waals surface area contributed by atoms with E-state index in [1.165, 1.54) is 0 Å². The number of aromatic amines is 1. The molecule has 0 spiro atoms. The molecule has 0 aliphatic carbocycles. The second-order valence-electron chi connectivity index (χ2n) is 7.98. The lowest BCUT2D eigenvalue weighted by atomic mass is 10.0. The van der Waals surface area contributed by atoms with E-state index in [9.17, 15) is 9.90 Å². The SMILES string of the molecule is Cn1cc(-c2n[nH]c3ccc(-c4ccn([C@H](CCO)c5cccc(Cl)c5)c(=O)c4)cc23)cn1. The van der Waals surface area contributed by atoms with Crippen LogP contribution in [0, 0.1) is 0 Å². The third-order valence-electron chi connectivity index (χ3n) is 5.79. The molecule has 33 heavy (non-hydrogen) atoms. The number of aliphatic hydroxyl groups excluding tert-OH is 1. The standard InChI is InChI=1S/C25H22ClN5O2/c1-30-15-19(14-27-30)25-21-12-16(5-6-22(21)28-29-25)17-7-9-31(24(33)13-17)23(8-10-32)18-3-2-4-20(26)11-18/h2-7,9,11-15,23,32H,8,10H2,1H3,(H,28,29)/t23-/m1/s1. The summed E-state index contributed by atoms with van der Waals surface area (Å²) in [6.45, 7) is -0.0420. The molecule has 166 valence electrons. The molecule has 8 heteroatoms. The minimum atomic E-state index is -0.302. The minimum absolute atomic E-state index is 0.0420. The second-order valence-corrected chi connectivity index (χ2v) is 8.42. The van der Waals surface area contributed by atoms with Gasteiger partial charge < -0.3 is 9.67 Å². The number of rotatable bonds is 6. The lowest BCUT2D eigenvalue weighted by Crippen LogP contribution is -2.25. The number of halogens is 1. The van der Waals surface area contributed by atoms with Gasteiger partial charge in [-0.05, 0) is 53.4 Å². The first-order valence-corrected chi connectivity index (χ1v) is 11.0. The van der Waals surface area contributed by atoms with E-state index in [1.54, 1.807) is 33.8 Å². The average Bonchev–Trinajstić information content (AvgIpc) is 3.43. The van der Waals surface area contributed by atoms with Crippen LogP contribution in [0.3, 0.4) is 0 Å². The van der Waals surface area contributed by atoms with E-state index in [0.29, 0.717) is 11.4 Å². The quantitative estimate of drug-likeness (QED) is 0.393. The van der Waals surface area contributed by atoms with Gasteiger partial charge in [-0.15, -0.1) is 0 Å². The molecule has 5 aromatic rings. The molecule has 0 radical (unpaired) electrons. The van der Waals surface area contributed by atoms with Crippen LogP contribution >= 0.6 is 11.6 Å². The van der Waals surface area contributed by atoms with Crippen molar-refractivity contribution in [2.24, 2.45) is 7.05 Å². The summed E-state index contributed by atoms with van der Waals surface area (Å²) in [5, 5.41) is 22.9. The van der Waals surface area contributed by atoms with Crippen LogP contribution in [0.15, 0.2) is 78.0 Å². The number of aliphatic hydroxyl groups is 1. The van der Waals surface area contributed by atoms with E-state index < -0.39 is 0 Å². The van der Waals surface area contributed by atoms with Crippen LogP contribution in [0.25, 0.3) is 33.3 Å². The van der Waals surface area contributed by atoms with E-state index in [4.69, 9.17) is 11.6 Å². The summed E-state index contributed by atoms with van der Waals surface area (Å²) in [4.78, 5) is 13.1. The topological polar surface area (TPSA) is 88.7 Å². The number of hydrogen-bond acceptors (Lipinski definition) is 4. The van der Waals surface area contributed by atoms with Gasteiger partial charge in [-0.3, -0.25) is 14.6 Å². The van der Waals surface area contributed by atoms with Crippen molar-refractivity contribution in [1.82, 2.24) is 24.5 Å².